The number of nitro benzene ring substituents is 1. The Labute approximate surface area is 137 Å². The van der Waals surface area contributed by atoms with Gasteiger partial charge in [-0.2, -0.15) is 0 Å². The van der Waals surface area contributed by atoms with Crippen LogP contribution in [0.15, 0.2) is 48.5 Å². The molecule has 118 valence electrons. The van der Waals surface area contributed by atoms with Gasteiger partial charge in [0.05, 0.1) is 15.1 Å². The van der Waals surface area contributed by atoms with E-state index in [0.717, 1.165) is 40.5 Å². The lowest BCUT2D eigenvalue weighted by Crippen LogP contribution is -2.08. The number of rotatable bonds is 7. The molecule has 1 aromatic heterocycles. The van der Waals surface area contributed by atoms with Crippen LogP contribution < -0.4 is 10.6 Å². The van der Waals surface area contributed by atoms with E-state index in [0.29, 0.717) is 0 Å². The number of nitrogens with zero attached hydrogens (tertiary/aromatic N) is 2. The number of non-ortho nitro benzene ring substituents is 1. The van der Waals surface area contributed by atoms with Gasteiger partial charge in [0.1, 0.15) is 0 Å². The van der Waals surface area contributed by atoms with Crippen LogP contribution in [-0.4, -0.2) is 23.0 Å². The standard InChI is InChI=1S/C16H16N4O2S/c21-20(22)13-7-8-14-15(11-13)23-16(19-14)18-10-4-9-17-12-5-2-1-3-6-12/h1-3,5-8,11,17H,4,9-10H2,(H,18,19). The molecule has 0 aliphatic heterocycles. The number of aromatic nitrogens is 1. The molecule has 0 aliphatic carbocycles. The van der Waals surface area contributed by atoms with Crippen LogP contribution in [0, 0.1) is 10.1 Å². The molecule has 0 atom stereocenters. The first-order valence-corrected chi connectivity index (χ1v) is 8.12. The van der Waals surface area contributed by atoms with Gasteiger partial charge in [0.25, 0.3) is 5.69 Å². The summed E-state index contributed by atoms with van der Waals surface area (Å²) in [5.74, 6) is 0. The Bertz CT molecular complexity index is 804. The van der Waals surface area contributed by atoms with Gasteiger partial charge in [-0.15, -0.1) is 0 Å². The molecule has 0 radical (unpaired) electrons. The van der Waals surface area contributed by atoms with Crippen LogP contribution in [0.4, 0.5) is 16.5 Å². The van der Waals surface area contributed by atoms with Crippen LogP contribution in [-0.2, 0) is 0 Å². The molecule has 3 rings (SSSR count). The van der Waals surface area contributed by atoms with E-state index in [1.807, 2.05) is 30.3 Å². The minimum atomic E-state index is -0.387. The Morgan fingerprint density at radius 3 is 2.65 bits per heavy atom. The lowest BCUT2D eigenvalue weighted by Gasteiger charge is -2.06. The summed E-state index contributed by atoms with van der Waals surface area (Å²) in [6, 6.07) is 14.8. The summed E-state index contributed by atoms with van der Waals surface area (Å²) >= 11 is 1.44. The van der Waals surface area contributed by atoms with Crippen molar-refractivity contribution >= 4 is 38.1 Å². The highest BCUT2D eigenvalue weighted by atomic mass is 32.1. The number of thiazole rings is 1. The highest BCUT2D eigenvalue weighted by molar-refractivity contribution is 7.22. The maximum atomic E-state index is 10.8. The Balaban J connectivity index is 1.50. The maximum Gasteiger partial charge on any atom is 0.270 e. The fourth-order valence-corrected chi connectivity index (χ4v) is 3.10. The third kappa shape index (κ3) is 3.95. The SMILES string of the molecule is O=[N+]([O-])c1ccc2nc(NCCCNc3ccccc3)sc2c1. The van der Waals surface area contributed by atoms with E-state index >= 15 is 0 Å². The Morgan fingerprint density at radius 1 is 1.09 bits per heavy atom. The zero-order valence-corrected chi connectivity index (χ0v) is 13.2. The lowest BCUT2D eigenvalue weighted by atomic mass is 10.3. The average molecular weight is 328 g/mol. The molecule has 0 unspecified atom stereocenters. The van der Waals surface area contributed by atoms with Gasteiger partial charge in [0.15, 0.2) is 5.13 Å². The predicted octanol–water partition coefficient (Wildman–Crippen LogP) is 4.12. The number of hydrogen-bond donors (Lipinski definition) is 2. The van der Waals surface area contributed by atoms with Crippen molar-refractivity contribution in [3.63, 3.8) is 0 Å². The van der Waals surface area contributed by atoms with Gasteiger partial charge in [-0.1, -0.05) is 29.5 Å². The van der Waals surface area contributed by atoms with Crippen LogP contribution >= 0.6 is 11.3 Å². The number of anilines is 2. The van der Waals surface area contributed by atoms with Crippen LogP contribution in [0.1, 0.15) is 6.42 Å². The highest BCUT2D eigenvalue weighted by Crippen LogP contribution is 2.28. The van der Waals surface area contributed by atoms with Gasteiger partial charge in [-0.25, -0.2) is 4.98 Å². The third-order valence-corrected chi connectivity index (χ3v) is 4.29. The number of para-hydroxylation sites is 1. The predicted molar refractivity (Wildman–Crippen MR) is 94.3 cm³/mol. The summed E-state index contributed by atoms with van der Waals surface area (Å²) in [5.41, 5.74) is 1.99. The second-order valence-electron chi connectivity index (χ2n) is 5.00. The van der Waals surface area contributed by atoms with Crippen molar-refractivity contribution in [2.75, 3.05) is 23.7 Å². The summed E-state index contributed by atoms with van der Waals surface area (Å²) in [4.78, 5) is 14.8. The number of nitro groups is 1. The Hall–Kier alpha value is -2.67. The van der Waals surface area contributed by atoms with E-state index in [1.165, 1.54) is 17.4 Å². The second-order valence-corrected chi connectivity index (χ2v) is 6.03. The van der Waals surface area contributed by atoms with E-state index < -0.39 is 0 Å². The monoisotopic (exact) mass is 328 g/mol. The van der Waals surface area contributed by atoms with E-state index in [4.69, 9.17) is 0 Å². The number of nitrogens with one attached hydrogen (secondary N) is 2. The van der Waals surface area contributed by atoms with Crippen molar-refractivity contribution in [2.45, 2.75) is 6.42 Å². The molecule has 2 aromatic carbocycles. The average Bonchev–Trinajstić information content (AvgIpc) is 2.97. The lowest BCUT2D eigenvalue weighted by molar-refractivity contribution is -0.384. The minimum absolute atomic E-state index is 0.0970. The highest BCUT2D eigenvalue weighted by Gasteiger charge is 2.09. The molecule has 1 heterocycles. The first-order chi connectivity index (χ1) is 11.2. The molecule has 0 saturated carbocycles. The zero-order chi connectivity index (χ0) is 16.1. The van der Waals surface area contributed by atoms with Crippen molar-refractivity contribution in [1.82, 2.24) is 4.98 Å². The van der Waals surface area contributed by atoms with Gasteiger partial charge < -0.3 is 10.6 Å². The first kappa shape index (κ1) is 15.2. The molecule has 0 spiro atoms. The summed E-state index contributed by atoms with van der Waals surface area (Å²) in [5, 5.41) is 18.2. The molecule has 0 bridgehead atoms. The summed E-state index contributed by atoms with van der Waals surface area (Å²) < 4.78 is 0.823. The number of hydrogen-bond acceptors (Lipinski definition) is 6. The molecule has 2 N–H and O–H groups in total. The summed E-state index contributed by atoms with van der Waals surface area (Å²) in [6.45, 7) is 1.66. The van der Waals surface area contributed by atoms with Crippen molar-refractivity contribution in [1.29, 1.82) is 0 Å². The number of benzene rings is 2. The van der Waals surface area contributed by atoms with Gasteiger partial charge >= 0.3 is 0 Å². The van der Waals surface area contributed by atoms with Crippen molar-refractivity contribution in [2.24, 2.45) is 0 Å². The molecule has 6 nitrogen and oxygen atoms in total. The molecule has 0 aliphatic rings. The molecule has 0 saturated heterocycles. The van der Waals surface area contributed by atoms with Crippen LogP contribution in [0.3, 0.4) is 0 Å². The van der Waals surface area contributed by atoms with E-state index in [9.17, 15) is 10.1 Å². The zero-order valence-electron chi connectivity index (χ0n) is 12.4. The molecule has 7 heteroatoms. The van der Waals surface area contributed by atoms with E-state index in [2.05, 4.69) is 15.6 Å². The van der Waals surface area contributed by atoms with Crippen LogP contribution in [0.2, 0.25) is 0 Å². The van der Waals surface area contributed by atoms with Gasteiger partial charge in [-0.05, 0) is 24.6 Å². The molecule has 0 amide bonds. The smallest absolute Gasteiger partial charge is 0.270 e. The Kier molecular flexibility index (Phi) is 4.68. The van der Waals surface area contributed by atoms with Crippen molar-refractivity contribution in [3.8, 4) is 0 Å². The molecule has 23 heavy (non-hydrogen) atoms. The third-order valence-electron chi connectivity index (χ3n) is 3.32. The van der Waals surface area contributed by atoms with E-state index in [-0.39, 0.29) is 10.6 Å². The van der Waals surface area contributed by atoms with Crippen LogP contribution in [0.5, 0.6) is 0 Å². The van der Waals surface area contributed by atoms with Gasteiger partial charge in [-0.3, -0.25) is 10.1 Å². The van der Waals surface area contributed by atoms with Gasteiger partial charge in [0.2, 0.25) is 0 Å². The van der Waals surface area contributed by atoms with E-state index in [1.54, 1.807) is 12.1 Å². The molecular weight excluding hydrogens is 312 g/mol. The summed E-state index contributed by atoms with van der Waals surface area (Å²) in [6.07, 6.45) is 0.949. The largest absolute Gasteiger partial charge is 0.385 e. The van der Waals surface area contributed by atoms with Gasteiger partial charge in [0, 0.05) is 30.9 Å². The maximum absolute atomic E-state index is 10.8. The normalized spacial score (nSPS) is 10.6. The van der Waals surface area contributed by atoms with Crippen molar-refractivity contribution < 1.29 is 4.92 Å². The quantitative estimate of drug-likeness (QED) is 0.387. The minimum Gasteiger partial charge on any atom is -0.385 e. The topological polar surface area (TPSA) is 80.1 Å². The second kappa shape index (κ2) is 7.06. The van der Waals surface area contributed by atoms with Crippen LogP contribution in [0.25, 0.3) is 10.2 Å². The fraction of sp³-hybridized carbons (Fsp3) is 0.188. The fourth-order valence-electron chi connectivity index (χ4n) is 2.17. The Morgan fingerprint density at radius 2 is 1.87 bits per heavy atom. The first-order valence-electron chi connectivity index (χ1n) is 7.30. The summed E-state index contributed by atoms with van der Waals surface area (Å²) in [7, 11) is 0. The van der Waals surface area contributed by atoms with Crippen molar-refractivity contribution in [3.05, 3.63) is 58.6 Å². The molecule has 3 aromatic rings. The molecular formula is C16H16N4O2S. The number of fused-ring (bicyclic) bond motifs is 1. The molecule has 0 fully saturated rings.